The van der Waals surface area contributed by atoms with E-state index in [0.29, 0.717) is 18.9 Å². The summed E-state index contributed by atoms with van der Waals surface area (Å²) < 4.78 is 0. The second-order valence-electron chi connectivity index (χ2n) is 6.84. The zero-order valence-electron chi connectivity index (χ0n) is 15.4. The first kappa shape index (κ1) is 17.9. The van der Waals surface area contributed by atoms with Gasteiger partial charge in [-0.05, 0) is 29.8 Å². The van der Waals surface area contributed by atoms with Crippen LogP contribution >= 0.6 is 0 Å². The van der Waals surface area contributed by atoms with Crippen molar-refractivity contribution in [2.24, 2.45) is 5.92 Å². The Morgan fingerprint density at radius 3 is 2.32 bits per heavy atom. The standard InChI is InChI=1S/C23H21N3O2/c27-22-15-19(17-25(22)20-11-5-2-6-12-20)23(28)26(21-13-7-8-14-24-21)16-18-9-3-1-4-10-18/h1-14,19H,15-17H2. The van der Waals surface area contributed by atoms with Gasteiger partial charge in [-0.1, -0.05) is 54.6 Å². The molecule has 0 spiro atoms. The third-order valence-corrected chi connectivity index (χ3v) is 4.92. The van der Waals surface area contributed by atoms with Crippen molar-refractivity contribution >= 4 is 23.3 Å². The van der Waals surface area contributed by atoms with Crippen molar-refractivity contribution in [1.29, 1.82) is 0 Å². The van der Waals surface area contributed by atoms with Crippen LogP contribution in [0.1, 0.15) is 12.0 Å². The van der Waals surface area contributed by atoms with Gasteiger partial charge < -0.3 is 4.90 Å². The van der Waals surface area contributed by atoms with Gasteiger partial charge in [0.1, 0.15) is 5.82 Å². The third-order valence-electron chi connectivity index (χ3n) is 4.92. The van der Waals surface area contributed by atoms with Crippen LogP contribution in [0.25, 0.3) is 0 Å². The maximum atomic E-state index is 13.4. The molecule has 28 heavy (non-hydrogen) atoms. The summed E-state index contributed by atoms with van der Waals surface area (Å²) >= 11 is 0. The highest BCUT2D eigenvalue weighted by atomic mass is 16.2. The fraction of sp³-hybridized carbons (Fsp3) is 0.174. The Balaban J connectivity index is 1.58. The molecule has 4 rings (SSSR count). The Hall–Kier alpha value is -3.47. The van der Waals surface area contributed by atoms with Gasteiger partial charge >= 0.3 is 0 Å². The minimum atomic E-state index is -0.390. The Morgan fingerprint density at radius 2 is 1.64 bits per heavy atom. The number of aromatic nitrogens is 1. The Morgan fingerprint density at radius 1 is 0.964 bits per heavy atom. The molecule has 1 saturated heterocycles. The molecular weight excluding hydrogens is 350 g/mol. The fourth-order valence-electron chi connectivity index (χ4n) is 3.50. The van der Waals surface area contributed by atoms with E-state index in [-0.39, 0.29) is 18.2 Å². The first-order chi connectivity index (χ1) is 13.7. The number of carbonyl (C=O) groups excluding carboxylic acids is 2. The van der Waals surface area contributed by atoms with Crippen molar-refractivity contribution in [3.05, 3.63) is 90.6 Å². The van der Waals surface area contributed by atoms with Gasteiger partial charge in [-0.25, -0.2) is 4.98 Å². The molecule has 2 heterocycles. The number of hydrogen-bond donors (Lipinski definition) is 0. The number of pyridine rings is 1. The maximum Gasteiger partial charge on any atom is 0.233 e. The number of anilines is 2. The summed E-state index contributed by atoms with van der Waals surface area (Å²) in [7, 11) is 0. The smallest absolute Gasteiger partial charge is 0.233 e. The van der Waals surface area contributed by atoms with Gasteiger partial charge in [0.2, 0.25) is 11.8 Å². The Labute approximate surface area is 164 Å². The molecule has 2 aromatic carbocycles. The van der Waals surface area contributed by atoms with E-state index in [1.807, 2.05) is 78.9 Å². The topological polar surface area (TPSA) is 53.5 Å². The van der Waals surface area contributed by atoms with E-state index < -0.39 is 5.92 Å². The number of para-hydroxylation sites is 1. The van der Waals surface area contributed by atoms with E-state index >= 15 is 0 Å². The normalized spacial score (nSPS) is 16.2. The molecular formula is C23H21N3O2. The molecule has 0 aliphatic carbocycles. The summed E-state index contributed by atoms with van der Waals surface area (Å²) in [5.74, 6) is 0.111. The summed E-state index contributed by atoms with van der Waals surface area (Å²) in [4.78, 5) is 33.7. The summed E-state index contributed by atoms with van der Waals surface area (Å²) in [6, 6.07) is 24.8. The van der Waals surface area contributed by atoms with E-state index in [0.717, 1.165) is 11.3 Å². The number of benzene rings is 2. The number of nitrogens with zero attached hydrogens (tertiary/aromatic N) is 3. The summed E-state index contributed by atoms with van der Waals surface area (Å²) in [5, 5.41) is 0. The molecule has 0 radical (unpaired) electrons. The van der Waals surface area contributed by atoms with E-state index in [2.05, 4.69) is 4.98 Å². The van der Waals surface area contributed by atoms with Crippen LogP contribution in [0.15, 0.2) is 85.1 Å². The molecule has 3 aromatic rings. The predicted molar refractivity (Wildman–Crippen MR) is 109 cm³/mol. The first-order valence-corrected chi connectivity index (χ1v) is 9.34. The number of carbonyl (C=O) groups is 2. The largest absolute Gasteiger partial charge is 0.312 e. The van der Waals surface area contributed by atoms with Gasteiger partial charge in [0.25, 0.3) is 0 Å². The van der Waals surface area contributed by atoms with Crippen molar-refractivity contribution in [3.8, 4) is 0 Å². The van der Waals surface area contributed by atoms with Gasteiger partial charge in [-0.3, -0.25) is 14.5 Å². The molecule has 1 unspecified atom stereocenters. The summed E-state index contributed by atoms with van der Waals surface area (Å²) in [5.41, 5.74) is 1.85. The maximum absolute atomic E-state index is 13.4. The van der Waals surface area contributed by atoms with E-state index in [9.17, 15) is 9.59 Å². The first-order valence-electron chi connectivity index (χ1n) is 9.34. The van der Waals surface area contributed by atoms with Gasteiger partial charge in [-0.2, -0.15) is 0 Å². The molecule has 1 aromatic heterocycles. The lowest BCUT2D eigenvalue weighted by molar-refractivity contribution is -0.124. The van der Waals surface area contributed by atoms with Crippen molar-refractivity contribution < 1.29 is 9.59 Å². The van der Waals surface area contributed by atoms with E-state index in [1.54, 1.807) is 16.0 Å². The second kappa shape index (κ2) is 8.05. The quantitative estimate of drug-likeness (QED) is 0.688. The van der Waals surface area contributed by atoms with Crippen LogP contribution in [0, 0.1) is 5.92 Å². The highest BCUT2D eigenvalue weighted by Crippen LogP contribution is 2.28. The molecule has 1 aliphatic rings. The molecule has 0 saturated carbocycles. The van der Waals surface area contributed by atoms with Gasteiger partial charge in [0, 0.05) is 24.8 Å². The van der Waals surface area contributed by atoms with Crippen LogP contribution < -0.4 is 9.80 Å². The van der Waals surface area contributed by atoms with Crippen LogP contribution in [0.5, 0.6) is 0 Å². The van der Waals surface area contributed by atoms with Gasteiger partial charge in [-0.15, -0.1) is 0 Å². The molecule has 0 bridgehead atoms. The number of rotatable bonds is 5. The van der Waals surface area contributed by atoms with Crippen molar-refractivity contribution in [3.63, 3.8) is 0 Å². The van der Waals surface area contributed by atoms with Gasteiger partial charge in [0.15, 0.2) is 0 Å². The van der Waals surface area contributed by atoms with Crippen LogP contribution in [0.3, 0.4) is 0 Å². The van der Waals surface area contributed by atoms with Crippen LogP contribution in [0.4, 0.5) is 11.5 Å². The minimum Gasteiger partial charge on any atom is -0.312 e. The molecule has 1 atom stereocenters. The predicted octanol–water partition coefficient (Wildman–Crippen LogP) is 3.67. The highest BCUT2D eigenvalue weighted by Gasteiger charge is 2.37. The average molecular weight is 371 g/mol. The molecule has 5 heteroatoms. The number of amides is 2. The molecule has 2 amide bonds. The van der Waals surface area contributed by atoms with Crippen molar-refractivity contribution in [1.82, 2.24) is 4.98 Å². The second-order valence-corrected chi connectivity index (χ2v) is 6.84. The van der Waals surface area contributed by atoms with E-state index in [4.69, 9.17) is 0 Å². The van der Waals surface area contributed by atoms with Crippen LogP contribution in [0.2, 0.25) is 0 Å². The van der Waals surface area contributed by atoms with Crippen LogP contribution in [-0.2, 0) is 16.1 Å². The van der Waals surface area contributed by atoms with Crippen LogP contribution in [-0.4, -0.2) is 23.3 Å². The number of hydrogen-bond acceptors (Lipinski definition) is 3. The SMILES string of the molecule is O=C1CC(C(=O)N(Cc2ccccc2)c2ccccn2)CN1c1ccccc1. The lowest BCUT2D eigenvalue weighted by Crippen LogP contribution is -2.37. The zero-order valence-corrected chi connectivity index (χ0v) is 15.4. The van der Waals surface area contributed by atoms with Gasteiger partial charge in [0.05, 0.1) is 12.5 Å². The molecule has 1 aliphatic heterocycles. The molecule has 140 valence electrons. The Kier molecular flexibility index (Phi) is 5.15. The molecule has 0 N–H and O–H groups in total. The monoisotopic (exact) mass is 371 g/mol. The zero-order chi connectivity index (χ0) is 19.3. The highest BCUT2D eigenvalue weighted by molar-refractivity contribution is 6.04. The molecule has 5 nitrogen and oxygen atoms in total. The lowest BCUT2D eigenvalue weighted by atomic mass is 10.1. The van der Waals surface area contributed by atoms with Crippen molar-refractivity contribution in [2.75, 3.05) is 16.3 Å². The summed E-state index contributed by atoms with van der Waals surface area (Å²) in [6.45, 7) is 0.812. The molecule has 1 fully saturated rings. The fourth-order valence-corrected chi connectivity index (χ4v) is 3.50. The van der Waals surface area contributed by atoms with Crippen molar-refractivity contribution in [2.45, 2.75) is 13.0 Å². The average Bonchev–Trinajstić information content (AvgIpc) is 3.15. The summed E-state index contributed by atoms with van der Waals surface area (Å²) in [6.07, 6.45) is 1.89. The lowest BCUT2D eigenvalue weighted by Gasteiger charge is -2.25. The minimum absolute atomic E-state index is 0.0229. The third kappa shape index (κ3) is 3.78. The Bertz CT molecular complexity index is 945. The van der Waals surface area contributed by atoms with E-state index in [1.165, 1.54) is 0 Å².